The predicted molar refractivity (Wildman–Crippen MR) is 135 cm³/mol. The van der Waals surface area contributed by atoms with E-state index in [2.05, 4.69) is 41.5 Å². The molecule has 0 saturated carbocycles. The van der Waals surface area contributed by atoms with Crippen LogP contribution >= 0.6 is 0 Å². The number of hydrogen-bond acceptors (Lipinski definition) is 5. The standard InChI is InChI=1S/C27H35N3O3/c1-2-3-4-5-6-7-8-9-10-11-12-13-14-16-23-21-26(31)19-20-27(23)29-28-24-17-15-18-25(22-24)30(32)33/h4-5,7-8,15,17-22,31H,2-3,6,9-14,16H2,1H3/b5-4+,8-7+,29-28?. The van der Waals surface area contributed by atoms with Gasteiger partial charge in [-0.2, -0.15) is 10.2 Å². The highest BCUT2D eigenvalue weighted by atomic mass is 16.6. The number of non-ortho nitro benzene ring substituents is 1. The smallest absolute Gasteiger partial charge is 0.271 e. The van der Waals surface area contributed by atoms with Crippen molar-refractivity contribution in [2.75, 3.05) is 0 Å². The average Bonchev–Trinajstić information content (AvgIpc) is 2.81. The molecular weight excluding hydrogens is 414 g/mol. The maximum Gasteiger partial charge on any atom is 0.271 e. The fraction of sp³-hybridized carbons (Fsp3) is 0.407. The van der Waals surface area contributed by atoms with Crippen LogP contribution in [-0.2, 0) is 6.42 Å². The molecule has 0 spiro atoms. The summed E-state index contributed by atoms with van der Waals surface area (Å²) in [4.78, 5) is 10.5. The molecule has 0 amide bonds. The summed E-state index contributed by atoms with van der Waals surface area (Å²) in [5, 5.41) is 29.2. The van der Waals surface area contributed by atoms with Gasteiger partial charge in [-0.3, -0.25) is 10.1 Å². The van der Waals surface area contributed by atoms with Crippen molar-refractivity contribution in [3.63, 3.8) is 0 Å². The van der Waals surface area contributed by atoms with Gasteiger partial charge in [-0.25, -0.2) is 0 Å². The van der Waals surface area contributed by atoms with E-state index in [1.165, 1.54) is 44.2 Å². The molecule has 176 valence electrons. The van der Waals surface area contributed by atoms with Crippen molar-refractivity contribution < 1.29 is 10.0 Å². The Hall–Kier alpha value is -3.28. The first-order valence-corrected chi connectivity index (χ1v) is 11.9. The minimum Gasteiger partial charge on any atom is -0.508 e. The van der Waals surface area contributed by atoms with E-state index in [1.54, 1.807) is 30.3 Å². The Balaban J connectivity index is 1.74. The highest BCUT2D eigenvalue weighted by molar-refractivity contribution is 5.51. The molecule has 2 aromatic rings. The van der Waals surface area contributed by atoms with Crippen LogP contribution in [0.2, 0.25) is 0 Å². The van der Waals surface area contributed by atoms with E-state index < -0.39 is 4.92 Å². The number of aryl methyl sites for hydroxylation is 1. The molecule has 6 heteroatoms. The van der Waals surface area contributed by atoms with E-state index in [0.717, 1.165) is 37.7 Å². The lowest BCUT2D eigenvalue weighted by Crippen LogP contribution is -1.88. The lowest BCUT2D eigenvalue weighted by molar-refractivity contribution is -0.384. The molecule has 0 unspecified atom stereocenters. The first-order chi connectivity index (χ1) is 16.1. The van der Waals surface area contributed by atoms with Gasteiger partial charge in [0.15, 0.2) is 0 Å². The van der Waals surface area contributed by atoms with Crippen LogP contribution < -0.4 is 0 Å². The SMILES string of the molecule is CCC/C=C/C/C=C/CCCCCCCc1cc(O)ccc1N=Nc1cccc([N+](=O)[O-])c1. The zero-order valence-electron chi connectivity index (χ0n) is 19.5. The van der Waals surface area contributed by atoms with Crippen molar-refractivity contribution in [2.45, 2.75) is 71.1 Å². The maximum atomic E-state index is 10.9. The normalized spacial score (nSPS) is 11.8. The molecule has 1 N–H and O–H groups in total. The largest absolute Gasteiger partial charge is 0.508 e. The topological polar surface area (TPSA) is 88.1 Å². The van der Waals surface area contributed by atoms with E-state index in [9.17, 15) is 15.2 Å². The zero-order chi connectivity index (χ0) is 23.7. The van der Waals surface area contributed by atoms with Crippen LogP contribution in [0.4, 0.5) is 17.1 Å². The number of phenolic OH excluding ortho intramolecular Hbond substituents is 1. The van der Waals surface area contributed by atoms with Crippen LogP contribution in [0.1, 0.15) is 70.3 Å². The lowest BCUT2D eigenvalue weighted by atomic mass is 10.0. The average molecular weight is 450 g/mol. The summed E-state index contributed by atoms with van der Waals surface area (Å²) in [5.74, 6) is 0.204. The van der Waals surface area contributed by atoms with Crippen molar-refractivity contribution >= 4 is 17.1 Å². The minimum absolute atomic E-state index is 0.0170. The van der Waals surface area contributed by atoms with Crippen molar-refractivity contribution in [1.82, 2.24) is 0 Å². The molecule has 0 aliphatic heterocycles. The maximum absolute atomic E-state index is 10.9. The van der Waals surface area contributed by atoms with Gasteiger partial charge in [-0.1, -0.05) is 63.0 Å². The summed E-state index contributed by atoms with van der Waals surface area (Å²) < 4.78 is 0. The predicted octanol–water partition coefficient (Wildman–Crippen LogP) is 8.90. The van der Waals surface area contributed by atoms with E-state index in [-0.39, 0.29) is 11.4 Å². The Labute approximate surface area is 196 Å². The molecule has 0 bridgehead atoms. The fourth-order valence-electron chi connectivity index (χ4n) is 3.43. The number of rotatable bonds is 15. The number of azo groups is 1. The summed E-state index contributed by atoms with van der Waals surface area (Å²) in [7, 11) is 0. The van der Waals surface area contributed by atoms with Crippen LogP contribution in [0.5, 0.6) is 5.75 Å². The Bertz CT molecular complexity index is 951. The molecule has 0 fully saturated rings. The summed E-state index contributed by atoms with van der Waals surface area (Å²) in [6.07, 6.45) is 20.1. The lowest BCUT2D eigenvalue weighted by Gasteiger charge is -2.06. The molecule has 0 aromatic heterocycles. The second-order valence-electron chi connectivity index (χ2n) is 8.06. The van der Waals surface area contributed by atoms with E-state index in [4.69, 9.17) is 0 Å². The molecule has 2 rings (SSSR count). The molecule has 0 aliphatic rings. The number of benzene rings is 2. The third-order valence-electron chi connectivity index (χ3n) is 5.25. The van der Waals surface area contributed by atoms with Gasteiger partial charge in [0.1, 0.15) is 5.75 Å². The van der Waals surface area contributed by atoms with Gasteiger partial charge in [0.05, 0.1) is 16.3 Å². The molecule has 0 aliphatic carbocycles. The van der Waals surface area contributed by atoms with Gasteiger partial charge in [0.25, 0.3) is 5.69 Å². The Kier molecular flexibility index (Phi) is 12.2. The van der Waals surface area contributed by atoms with Crippen LogP contribution in [0, 0.1) is 10.1 Å². The van der Waals surface area contributed by atoms with Gasteiger partial charge in [-0.05, 0) is 68.4 Å². The van der Waals surface area contributed by atoms with E-state index >= 15 is 0 Å². The van der Waals surface area contributed by atoms with Crippen molar-refractivity contribution in [3.8, 4) is 5.75 Å². The molecule has 0 radical (unpaired) electrons. The third kappa shape index (κ3) is 10.7. The molecule has 0 atom stereocenters. The van der Waals surface area contributed by atoms with Crippen LogP contribution in [0.3, 0.4) is 0 Å². The van der Waals surface area contributed by atoms with Crippen LogP contribution in [0.15, 0.2) is 77.0 Å². The first kappa shape index (κ1) is 26.0. The van der Waals surface area contributed by atoms with Gasteiger partial charge in [0.2, 0.25) is 0 Å². The molecule has 33 heavy (non-hydrogen) atoms. The number of aromatic hydroxyl groups is 1. The summed E-state index contributed by atoms with van der Waals surface area (Å²) in [5.41, 5.74) is 2.02. The Morgan fingerprint density at radius 2 is 1.67 bits per heavy atom. The van der Waals surface area contributed by atoms with E-state index in [1.807, 2.05) is 0 Å². The van der Waals surface area contributed by atoms with Crippen molar-refractivity contribution in [3.05, 3.63) is 82.4 Å². The minimum atomic E-state index is -0.451. The van der Waals surface area contributed by atoms with Gasteiger partial charge in [0, 0.05) is 12.1 Å². The second kappa shape index (κ2) is 15.5. The molecule has 0 saturated heterocycles. The monoisotopic (exact) mass is 449 g/mol. The first-order valence-electron chi connectivity index (χ1n) is 11.9. The summed E-state index contributed by atoms with van der Waals surface area (Å²) in [6.45, 7) is 2.19. The number of hydrogen-bond donors (Lipinski definition) is 1. The third-order valence-corrected chi connectivity index (χ3v) is 5.25. The zero-order valence-corrected chi connectivity index (χ0v) is 19.5. The summed E-state index contributed by atoms with van der Waals surface area (Å²) >= 11 is 0. The molecule has 2 aromatic carbocycles. The number of nitrogens with zero attached hydrogens (tertiary/aromatic N) is 3. The number of allylic oxidation sites excluding steroid dienone is 4. The number of nitro groups is 1. The highest BCUT2D eigenvalue weighted by Gasteiger charge is 2.06. The van der Waals surface area contributed by atoms with E-state index in [0.29, 0.717) is 11.4 Å². The van der Waals surface area contributed by atoms with Gasteiger partial charge >= 0.3 is 0 Å². The highest BCUT2D eigenvalue weighted by Crippen LogP contribution is 2.28. The van der Waals surface area contributed by atoms with Crippen molar-refractivity contribution in [1.29, 1.82) is 0 Å². The second-order valence-corrected chi connectivity index (χ2v) is 8.06. The van der Waals surface area contributed by atoms with Crippen LogP contribution in [-0.4, -0.2) is 10.0 Å². The van der Waals surface area contributed by atoms with Gasteiger partial charge in [-0.15, -0.1) is 0 Å². The molecular formula is C27H35N3O3. The quantitative estimate of drug-likeness (QED) is 0.0967. The Morgan fingerprint density at radius 3 is 2.45 bits per heavy atom. The molecule has 6 nitrogen and oxygen atoms in total. The number of unbranched alkanes of at least 4 members (excludes halogenated alkanes) is 6. The summed E-state index contributed by atoms with van der Waals surface area (Å²) in [6, 6.07) is 11.1. The van der Waals surface area contributed by atoms with Crippen molar-refractivity contribution in [2.24, 2.45) is 10.2 Å². The molecule has 0 heterocycles. The van der Waals surface area contributed by atoms with Gasteiger partial charge < -0.3 is 5.11 Å². The number of phenols is 1. The number of nitro benzene ring substituents is 1. The fourth-order valence-corrected chi connectivity index (χ4v) is 3.43. The Morgan fingerprint density at radius 1 is 0.909 bits per heavy atom. The van der Waals surface area contributed by atoms with Crippen LogP contribution in [0.25, 0.3) is 0 Å².